The van der Waals surface area contributed by atoms with Gasteiger partial charge in [0, 0.05) is 11.8 Å². The second-order valence-electron chi connectivity index (χ2n) is 4.44. The van der Waals surface area contributed by atoms with Crippen LogP contribution in [0.15, 0.2) is 0 Å². The minimum Gasteiger partial charge on any atom is -0.444 e. The van der Waals surface area contributed by atoms with Gasteiger partial charge in [0.05, 0.1) is 5.05 Å². The number of ether oxygens (including phenoxy) is 1. The summed E-state index contributed by atoms with van der Waals surface area (Å²) in [6, 6.07) is -0.0105. The average Bonchev–Trinajstić information content (AvgIpc) is 1.96. The Morgan fingerprint density at radius 1 is 1.53 bits per heavy atom. The van der Waals surface area contributed by atoms with Crippen molar-refractivity contribution in [2.45, 2.75) is 46.3 Å². The Labute approximate surface area is 95.0 Å². The van der Waals surface area contributed by atoms with Crippen molar-refractivity contribution in [3.8, 4) is 0 Å². The maximum Gasteiger partial charge on any atom is 0.407 e. The van der Waals surface area contributed by atoms with E-state index in [0.29, 0.717) is 10.8 Å². The van der Waals surface area contributed by atoms with Crippen molar-refractivity contribution in [2.24, 2.45) is 0 Å². The monoisotopic (exact) mass is 235 g/mol. The van der Waals surface area contributed by atoms with Crippen molar-refractivity contribution in [3.63, 3.8) is 0 Å². The van der Waals surface area contributed by atoms with Gasteiger partial charge in [0.2, 0.25) is 0 Å². The van der Waals surface area contributed by atoms with Crippen molar-refractivity contribution in [3.05, 3.63) is 0 Å². The van der Waals surface area contributed by atoms with Crippen LogP contribution in [-0.4, -0.2) is 33.6 Å². The molecule has 0 aliphatic carbocycles. The van der Waals surface area contributed by atoms with E-state index in [0.717, 1.165) is 11.4 Å². The number of rotatable bonds is 3. The third-order valence-electron chi connectivity index (χ3n) is 1.36. The van der Waals surface area contributed by atoms with Gasteiger partial charge in [-0.3, -0.25) is 0 Å². The first-order valence-electron chi connectivity index (χ1n) is 4.90. The second kappa shape index (κ2) is 6.12. The first-order valence-corrected chi connectivity index (χ1v) is 5.98. The van der Waals surface area contributed by atoms with Crippen LogP contribution in [0.2, 0.25) is 0 Å². The van der Waals surface area contributed by atoms with Gasteiger partial charge in [-0.05, 0) is 34.6 Å². The number of nitrogens with one attached hydrogen (secondary N) is 1. The molecule has 0 rings (SSSR count). The number of aliphatic hydroxyl groups excluding tert-OH is 1. The first-order chi connectivity index (χ1) is 6.70. The van der Waals surface area contributed by atoms with Gasteiger partial charge < -0.3 is 15.2 Å². The van der Waals surface area contributed by atoms with Gasteiger partial charge in [-0.25, -0.2) is 4.79 Å². The largest absolute Gasteiger partial charge is 0.444 e. The Bertz CT molecular complexity index is 242. The van der Waals surface area contributed by atoms with Crippen LogP contribution in [0, 0.1) is 0 Å². The highest BCUT2D eigenvalue weighted by Crippen LogP contribution is 2.07. The van der Waals surface area contributed by atoms with Crippen LogP contribution < -0.4 is 5.32 Å². The van der Waals surface area contributed by atoms with E-state index in [4.69, 9.17) is 9.84 Å². The fraction of sp³-hybridized carbons (Fsp3) is 0.800. The third-order valence-corrected chi connectivity index (χ3v) is 2.55. The van der Waals surface area contributed by atoms with Gasteiger partial charge in [-0.15, -0.1) is 0 Å². The molecule has 15 heavy (non-hydrogen) atoms. The molecule has 90 valence electrons. The number of carbonyl (C=O) groups is 1. The Morgan fingerprint density at radius 2 is 2.07 bits per heavy atom. The molecule has 0 radical (unpaired) electrons. The maximum atomic E-state index is 11.3. The predicted molar refractivity (Wildman–Crippen MR) is 66.0 cm³/mol. The van der Waals surface area contributed by atoms with Gasteiger partial charge in [-0.1, -0.05) is 0 Å². The number of thiol groups is 1. The summed E-state index contributed by atoms with van der Waals surface area (Å²) < 4.78 is 5.09. The van der Waals surface area contributed by atoms with Crippen LogP contribution in [0.5, 0.6) is 0 Å². The molecule has 0 spiro atoms. The lowest BCUT2D eigenvalue weighted by molar-refractivity contribution is 0.0513. The highest BCUT2D eigenvalue weighted by Gasteiger charge is 2.17. The number of alkyl carbamates (subject to hydrolysis) is 1. The zero-order valence-electron chi connectivity index (χ0n) is 10.00. The molecule has 0 saturated heterocycles. The SMILES string of the molecule is CC(O)=[SH]C[C@H](C)NC(=O)OC(C)(C)C. The molecular weight excluding hydrogens is 214 g/mol. The molecule has 0 aromatic rings. The van der Waals surface area contributed by atoms with Gasteiger partial charge in [0.15, 0.2) is 0 Å². The van der Waals surface area contributed by atoms with Crippen LogP contribution in [0.4, 0.5) is 4.79 Å². The van der Waals surface area contributed by atoms with Crippen LogP contribution in [0.1, 0.15) is 34.6 Å². The maximum absolute atomic E-state index is 11.3. The number of hydrogen-bond donors (Lipinski definition) is 3. The Morgan fingerprint density at radius 3 is 2.47 bits per heavy atom. The standard InChI is InChI=1S/C10H21NO3S/c1-7(6-15-8(2)12)11-9(13)14-10(3,4)5/h7,12,15H,6H2,1-5H3,(H,11,13)/t7-/m0/s1. The van der Waals surface area contributed by atoms with Crippen molar-refractivity contribution >= 4 is 22.5 Å². The first kappa shape index (κ1) is 14.5. The van der Waals surface area contributed by atoms with E-state index in [1.807, 2.05) is 27.7 Å². The fourth-order valence-electron chi connectivity index (χ4n) is 0.823. The lowest BCUT2D eigenvalue weighted by Gasteiger charge is -2.21. The van der Waals surface area contributed by atoms with Crippen LogP contribution >= 0.6 is 11.4 Å². The molecule has 4 nitrogen and oxygen atoms in total. The molecule has 2 N–H and O–H groups in total. The molecule has 5 heteroatoms. The minimum absolute atomic E-state index is 0.0105. The number of aliphatic hydroxyl groups is 1. The predicted octanol–water partition coefficient (Wildman–Crippen LogP) is 2.07. The number of hydrogen-bond acceptors (Lipinski definition) is 2. The highest BCUT2D eigenvalue weighted by atomic mass is 32.1. The summed E-state index contributed by atoms with van der Waals surface area (Å²) in [4.78, 5) is 11.3. The topological polar surface area (TPSA) is 58.6 Å². The molecular formula is C10H21NO3S. The quantitative estimate of drug-likeness (QED) is 0.518. The molecule has 0 bridgehead atoms. The molecule has 0 aromatic heterocycles. The van der Waals surface area contributed by atoms with E-state index < -0.39 is 11.7 Å². The number of carbonyl (C=O) groups excluding carboxylic acids is 1. The molecule has 1 amide bonds. The zero-order chi connectivity index (χ0) is 12.1. The van der Waals surface area contributed by atoms with Crippen molar-refractivity contribution < 1.29 is 14.6 Å². The summed E-state index contributed by atoms with van der Waals surface area (Å²) in [5.41, 5.74) is -0.472. The van der Waals surface area contributed by atoms with E-state index >= 15 is 0 Å². The summed E-state index contributed by atoms with van der Waals surface area (Å²) in [6.45, 7) is 8.98. The Balaban J connectivity index is 3.92. The average molecular weight is 235 g/mol. The minimum atomic E-state index is -0.472. The molecule has 0 fully saturated rings. The smallest absolute Gasteiger partial charge is 0.407 e. The lowest BCUT2D eigenvalue weighted by Crippen LogP contribution is -2.38. The van der Waals surface area contributed by atoms with Crippen molar-refractivity contribution in [2.75, 3.05) is 5.75 Å². The zero-order valence-corrected chi connectivity index (χ0v) is 10.9. The summed E-state index contributed by atoms with van der Waals surface area (Å²) in [6.07, 6.45) is -0.416. The Hall–Kier alpha value is -0.550. The third kappa shape index (κ3) is 9.75. The molecule has 0 heterocycles. The molecule has 0 aromatic carbocycles. The highest BCUT2D eigenvalue weighted by molar-refractivity contribution is 7.98. The summed E-state index contributed by atoms with van der Waals surface area (Å²) in [7, 11) is 0. The summed E-state index contributed by atoms with van der Waals surface area (Å²) in [5.74, 6) is 0.682. The number of amides is 1. The normalized spacial score (nSPS) is 15.2. The summed E-state index contributed by atoms with van der Waals surface area (Å²) >= 11 is 0.830. The summed E-state index contributed by atoms with van der Waals surface area (Å²) in [5, 5.41) is 12.0. The molecule has 0 aliphatic heterocycles. The lowest BCUT2D eigenvalue weighted by atomic mass is 10.2. The van der Waals surface area contributed by atoms with Crippen LogP contribution in [-0.2, 0) is 4.74 Å². The van der Waals surface area contributed by atoms with Gasteiger partial charge >= 0.3 is 6.09 Å². The Kier molecular flexibility index (Phi) is 5.90. The van der Waals surface area contributed by atoms with E-state index in [1.54, 1.807) is 6.92 Å². The van der Waals surface area contributed by atoms with E-state index in [-0.39, 0.29) is 6.04 Å². The van der Waals surface area contributed by atoms with Gasteiger partial charge in [0.25, 0.3) is 0 Å². The van der Waals surface area contributed by atoms with Gasteiger partial charge in [0.1, 0.15) is 5.60 Å². The van der Waals surface area contributed by atoms with Crippen molar-refractivity contribution in [1.29, 1.82) is 0 Å². The van der Waals surface area contributed by atoms with Crippen molar-refractivity contribution in [1.82, 2.24) is 5.32 Å². The van der Waals surface area contributed by atoms with E-state index in [2.05, 4.69) is 5.32 Å². The van der Waals surface area contributed by atoms with Gasteiger partial charge in [-0.2, -0.15) is 11.4 Å². The van der Waals surface area contributed by atoms with Crippen LogP contribution in [0.3, 0.4) is 0 Å². The fourth-order valence-corrected chi connectivity index (χ4v) is 1.45. The molecule has 1 atom stereocenters. The van der Waals surface area contributed by atoms with E-state index in [1.165, 1.54) is 0 Å². The van der Waals surface area contributed by atoms with Crippen LogP contribution in [0.25, 0.3) is 0 Å². The molecule has 0 saturated carbocycles. The molecule has 0 aliphatic rings. The molecule has 0 unspecified atom stereocenters. The second-order valence-corrected chi connectivity index (χ2v) is 5.76. The van der Waals surface area contributed by atoms with E-state index in [9.17, 15) is 4.79 Å².